The van der Waals surface area contributed by atoms with Crippen molar-refractivity contribution in [1.29, 1.82) is 0 Å². The zero-order valence-electron chi connectivity index (χ0n) is 19.3. The summed E-state index contributed by atoms with van der Waals surface area (Å²) in [4.78, 5) is 36.8. The quantitative estimate of drug-likeness (QED) is 0.394. The molecule has 0 fully saturated rings. The average Bonchev–Trinajstić information content (AvgIpc) is 3.17. The molecule has 13 heteroatoms. The van der Waals surface area contributed by atoms with Crippen LogP contribution in [0, 0.1) is 5.92 Å². The van der Waals surface area contributed by atoms with Crippen LogP contribution in [-0.2, 0) is 19.1 Å². The van der Waals surface area contributed by atoms with Gasteiger partial charge in [0, 0.05) is 0 Å². The molecule has 0 spiro atoms. The maximum absolute atomic E-state index is 12.6. The van der Waals surface area contributed by atoms with Gasteiger partial charge < -0.3 is 0 Å². The SMILES string of the molecule is [B]B=S(=B[B])(CC(=O)CCC(CC(=O)OCC1c2ccccc2-c2ccccc21)C(=O)O)B([B])[B]. The van der Waals surface area contributed by atoms with Gasteiger partial charge >= 0.3 is 154 Å². The molecule has 0 aliphatic heterocycles. The third-order valence-corrected chi connectivity index (χ3v) is 9.18. The summed E-state index contributed by atoms with van der Waals surface area (Å²) in [5.41, 5.74) is 4.34. The first-order chi connectivity index (χ1) is 16.7. The summed E-state index contributed by atoms with van der Waals surface area (Å²) in [6.07, 6.45) is -0.432. The average molecular weight is 473 g/mol. The van der Waals surface area contributed by atoms with E-state index in [-0.39, 0.29) is 43.3 Å². The normalized spacial score (nSPS) is 13.0. The van der Waals surface area contributed by atoms with Crippen LogP contribution < -0.4 is 0 Å². The molecule has 0 saturated heterocycles. The van der Waals surface area contributed by atoms with Gasteiger partial charge in [0.15, 0.2) is 0 Å². The summed E-state index contributed by atoms with van der Waals surface area (Å²) in [6, 6.07) is 18.4. The second-order valence-corrected chi connectivity index (χ2v) is 11.7. The van der Waals surface area contributed by atoms with Gasteiger partial charge in [-0.1, -0.05) is 48.5 Å². The molecule has 0 aromatic heterocycles. The fourth-order valence-corrected chi connectivity index (χ4v) is 5.83. The van der Waals surface area contributed by atoms with Gasteiger partial charge in [0.05, 0.1) is 0 Å². The second kappa shape index (κ2) is 12.2. The Hall–Kier alpha value is -2.15. The Morgan fingerprint density at radius 3 is 2.03 bits per heavy atom. The van der Waals surface area contributed by atoms with E-state index in [9.17, 15) is 19.5 Å². The number of esters is 1. The number of ketones is 1. The summed E-state index contributed by atoms with van der Waals surface area (Å²) in [5.74, 6) is -4.23. The monoisotopic (exact) mass is 474 g/mol. The molecule has 0 bridgehead atoms. The van der Waals surface area contributed by atoms with Crippen molar-refractivity contribution in [3.8, 4) is 11.1 Å². The van der Waals surface area contributed by atoms with Crippen LogP contribution in [0.1, 0.15) is 36.3 Å². The third kappa shape index (κ3) is 6.35. The number of hydrogen-bond donors (Lipinski definition) is 1. The predicted molar refractivity (Wildman–Crippen MR) is 147 cm³/mol. The van der Waals surface area contributed by atoms with Gasteiger partial charge in [-0.05, 0) is 11.1 Å². The number of carbonyl (C=O) groups excluding carboxylic acids is 2. The Morgan fingerprint density at radius 1 is 1.00 bits per heavy atom. The van der Waals surface area contributed by atoms with E-state index in [4.69, 9.17) is 35.7 Å². The van der Waals surface area contributed by atoms with Gasteiger partial charge in [0.25, 0.3) is 0 Å². The van der Waals surface area contributed by atoms with Crippen LogP contribution in [0.4, 0.5) is 0 Å². The van der Waals surface area contributed by atoms with Crippen LogP contribution >= 0.6 is 8.73 Å². The number of carboxylic acids is 1. The summed E-state index contributed by atoms with van der Waals surface area (Å²) >= 11 is 0. The van der Waals surface area contributed by atoms with E-state index in [0.717, 1.165) is 22.3 Å². The fourth-order valence-electron chi connectivity index (χ4n) is 4.29. The molecule has 1 aliphatic rings. The molecule has 0 saturated carbocycles. The minimum atomic E-state index is -2.17. The summed E-state index contributed by atoms with van der Waals surface area (Å²) < 4.78 is 5.51. The van der Waals surface area contributed by atoms with E-state index < -0.39 is 32.4 Å². The standard InChI is InChI=1S/C22H21B7O5S/c23-27-35(28-24,29(25)26)13-15(30)10-9-14(22(32)33)11-21(31)34-12-20-18-7-3-1-5-16(18)17-6-2-4-8-19(17)20/h1-8,14,20H,9-13H2,(H,32,33). The molecule has 1 unspecified atom stereocenters. The van der Waals surface area contributed by atoms with Gasteiger partial charge in [-0.3, -0.25) is 0 Å². The van der Waals surface area contributed by atoms with Crippen molar-refractivity contribution in [2.45, 2.75) is 25.2 Å². The van der Waals surface area contributed by atoms with Crippen LogP contribution in [-0.4, -0.2) is 84.0 Å². The van der Waals surface area contributed by atoms with Crippen molar-refractivity contribution in [3.63, 3.8) is 0 Å². The molecule has 5 nitrogen and oxygen atoms in total. The molecule has 166 valence electrons. The fraction of sp³-hybridized carbons (Fsp3) is 0.318. The first-order valence-corrected chi connectivity index (χ1v) is 13.2. The number of carboxylic acid groups (broad SMARTS) is 1. The van der Waals surface area contributed by atoms with Crippen molar-refractivity contribution in [3.05, 3.63) is 59.7 Å². The molecule has 2 aromatic carbocycles. The van der Waals surface area contributed by atoms with Crippen LogP contribution in [0.25, 0.3) is 11.1 Å². The van der Waals surface area contributed by atoms with E-state index in [1.54, 1.807) is 0 Å². The van der Waals surface area contributed by atoms with Gasteiger partial charge in [-0.25, -0.2) is 0 Å². The first kappa shape index (κ1) is 27.4. The van der Waals surface area contributed by atoms with Gasteiger partial charge in [-0.15, -0.1) is 0 Å². The number of benzene rings is 2. The van der Waals surface area contributed by atoms with E-state index >= 15 is 0 Å². The van der Waals surface area contributed by atoms with E-state index in [2.05, 4.69) is 0 Å². The van der Waals surface area contributed by atoms with Crippen molar-refractivity contribution >= 4 is 75.3 Å². The Balaban J connectivity index is 1.59. The Kier molecular flexibility index (Phi) is 9.57. The molecule has 8 radical (unpaired) electrons. The second-order valence-electron chi connectivity index (χ2n) is 8.52. The topological polar surface area (TPSA) is 80.7 Å². The number of Topliss-reactive ketones (excluding diaryl/α,β-unsaturated/α-hetero) is 1. The number of hydrogen-bond acceptors (Lipinski definition) is 4. The van der Waals surface area contributed by atoms with E-state index in [0.29, 0.717) is 0 Å². The number of aliphatic carboxylic acids is 1. The van der Waals surface area contributed by atoms with Gasteiger partial charge in [-0.2, -0.15) is 0 Å². The number of rotatable bonds is 11. The summed E-state index contributed by atoms with van der Waals surface area (Å²) in [7, 11) is 20.5. The Morgan fingerprint density at radius 2 is 1.54 bits per heavy atom. The summed E-state index contributed by atoms with van der Waals surface area (Å²) in [6.45, 7) is 0.108. The van der Waals surface area contributed by atoms with E-state index in [1.165, 1.54) is 12.1 Å². The molecular weight excluding hydrogens is 452 g/mol. The van der Waals surface area contributed by atoms with Crippen molar-refractivity contribution in [2.75, 3.05) is 12.4 Å². The zero-order chi connectivity index (χ0) is 25.6. The Bertz CT molecular complexity index is 1180. The van der Waals surface area contributed by atoms with E-state index in [1.807, 2.05) is 48.5 Å². The number of fused-ring (bicyclic) bond motifs is 3. The van der Waals surface area contributed by atoms with Crippen LogP contribution in [0.5, 0.6) is 0 Å². The molecule has 2 aromatic rings. The molecule has 3 rings (SSSR count). The Labute approximate surface area is 213 Å². The van der Waals surface area contributed by atoms with Gasteiger partial charge in [0.2, 0.25) is 0 Å². The third-order valence-electron chi connectivity index (χ3n) is 6.33. The predicted octanol–water partition coefficient (Wildman–Crippen LogP) is 1.31. The molecule has 1 N–H and O–H groups in total. The van der Waals surface area contributed by atoms with Crippen molar-refractivity contribution in [2.24, 2.45) is 5.92 Å². The van der Waals surface area contributed by atoms with Crippen molar-refractivity contribution < 1.29 is 24.2 Å². The number of ether oxygens (including phenoxy) is 1. The number of carbonyl (C=O) groups is 3. The molecular formula is C22H21B7O5S. The van der Waals surface area contributed by atoms with Crippen LogP contribution in [0.2, 0.25) is 0 Å². The zero-order valence-corrected chi connectivity index (χ0v) is 20.2. The summed E-state index contributed by atoms with van der Waals surface area (Å²) in [5, 5.41) is 9.58. The molecule has 0 heterocycles. The molecule has 1 aliphatic carbocycles. The molecule has 1 atom stereocenters. The van der Waals surface area contributed by atoms with Gasteiger partial charge in [0.1, 0.15) is 0 Å². The van der Waals surface area contributed by atoms with Crippen molar-refractivity contribution in [1.82, 2.24) is 0 Å². The maximum atomic E-state index is 12.6. The minimum absolute atomic E-state index is 0.0250. The molecule has 35 heavy (non-hydrogen) atoms. The molecule has 0 amide bonds. The first-order valence-electron chi connectivity index (χ1n) is 11.2. The van der Waals surface area contributed by atoms with Crippen LogP contribution in [0.3, 0.4) is 0 Å². The van der Waals surface area contributed by atoms with Crippen LogP contribution in [0.15, 0.2) is 48.5 Å².